The third-order valence-corrected chi connectivity index (χ3v) is 3.42. The van der Waals surface area contributed by atoms with E-state index in [1.807, 2.05) is 31.2 Å². The molecule has 6 heteroatoms. The maximum Gasteiger partial charge on any atom is 0.343 e. The molecule has 0 aliphatic carbocycles. The van der Waals surface area contributed by atoms with Crippen LogP contribution >= 0.6 is 0 Å². The summed E-state index contributed by atoms with van der Waals surface area (Å²) in [5.41, 5.74) is 2.27. The van der Waals surface area contributed by atoms with Crippen molar-refractivity contribution >= 4 is 23.6 Å². The highest BCUT2D eigenvalue weighted by Gasteiger charge is 2.10. The molecule has 26 heavy (non-hydrogen) atoms. The smallest absolute Gasteiger partial charge is 0.343 e. The molecule has 0 aliphatic rings. The third-order valence-electron chi connectivity index (χ3n) is 3.42. The number of carbonyl (C=O) groups is 2. The van der Waals surface area contributed by atoms with Crippen LogP contribution in [0.15, 0.2) is 54.1 Å². The zero-order valence-corrected chi connectivity index (χ0v) is 14.5. The van der Waals surface area contributed by atoms with Crippen molar-refractivity contribution in [3.8, 4) is 11.8 Å². The first-order valence-electron chi connectivity index (χ1n) is 7.81. The molecule has 0 spiro atoms. The Hall–Kier alpha value is -3.59. The highest BCUT2D eigenvalue weighted by Crippen LogP contribution is 2.16. The number of carbonyl (C=O) groups excluding carboxylic acids is 2. The predicted molar refractivity (Wildman–Crippen MR) is 97.4 cm³/mol. The van der Waals surface area contributed by atoms with Gasteiger partial charge in [-0.2, -0.15) is 5.26 Å². The second kappa shape index (κ2) is 9.04. The van der Waals surface area contributed by atoms with Crippen LogP contribution < -0.4 is 10.1 Å². The molecule has 0 aliphatic heterocycles. The van der Waals surface area contributed by atoms with Crippen LogP contribution in [-0.2, 0) is 14.3 Å². The molecule has 2 rings (SSSR count). The van der Waals surface area contributed by atoms with E-state index in [0.717, 1.165) is 5.56 Å². The minimum Gasteiger partial charge on any atom is -0.482 e. The molecular weight excluding hydrogens is 332 g/mol. The summed E-state index contributed by atoms with van der Waals surface area (Å²) >= 11 is 0. The fourth-order valence-corrected chi connectivity index (χ4v) is 2.10. The normalized spacial score (nSPS) is 10.6. The second-order valence-electron chi connectivity index (χ2n) is 5.43. The highest BCUT2D eigenvalue weighted by atomic mass is 16.6. The fourth-order valence-electron chi connectivity index (χ4n) is 2.10. The number of methoxy groups -OCH3 is 1. The predicted octanol–water partition coefficient (Wildman–Crippen LogP) is 3.09. The van der Waals surface area contributed by atoms with E-state index in [0.29, 0.717) is 17.0 Å². The number of anilines is 1. The topological polar surface area (TPSA) is 88.4 Å². The number of hydrogen-bond acceptors (Lipinski definition) is 5. The lowest BCUT2D eigenvalue weighted by Crippen LogP contribution is -2.13. The lowest BCUT2D eigenvalue weighted by molar-refractivity contribution is -0.142. The van der Waals surface area contributed by atoms with E-state index in [1.54, 1.807) is 30.3 Å². The Bertz CT molecular complexity index is 864. The van der Waals surface area contributed by atoms with Gasteiger partial charge < -0.3 is 14.8 Å². The van der Waals surface area contributed by atoms with Gasteiger partial charge in [-0.25, -0.2) is 4.79 Å². The first kappa shape index (κ1) is 18.7. The van der Waals surface area contributed by atoms with Crippen molar-refractivity contribution in [3.05, 3.63) is 65.2 Å². The Balaban J connectivity index is 2.06. The standard InChI is InChI=1S/C20H18N2O4/c1-14-4-3-5-17(10-14)22-20(24)16(12-21)11-15-6-8-18(9-7-15)26-13-19(23)25-2/h3-11H,13H2,1-2H3,(H,22,24)/b16-11-. The third kappa shape index (κ3) is 5.49. The van der Waals surface area contributed by atoms with Gasteiger partial charge in [0.25, 0.3) is 5.91 Å². The lowest BCUT2D eigenvalue weighted by Gasteiger charge is -2.06. The summed E-state index contributed by atoms with van der Waals surface area (Å²) in [7, 11) is 1.28. The fraction of sp³-hybridized carbons (Fsp3) is 0.150. The summed E-state index contributed by atoms with van der Waals surface area (Å²) in [5.74, 6) is -0.479. The van der Waals surface area contributed by atoms with Crippen molar-refractivity contribution in [1.82, 2.24) is 0 Å². The molecule has 2 aromatic rings. The van der Waals surface area contributed by atoms with Crippen LogP contribution in [0.2, 0.25) is 0 Å². The largest absolute Gasteiger partial charge is 0.482 e. The number of esters is 1. The second-order valence-corrected chi connectivity index (χ2v) is 5.43. The summed E-state index contributed by atoms with van der Waals surface area (Å²) < 4.78 is 9.73. The number of nitrogens with zero attached hydrogens (tertiary/aromatic N) is 1. The van der Waals surface area contributed by atoms with Gasteiger partial charge in [-0.3, -0.25) is 4.79 Å². The summed E-state index contributed by atoms with van der Waals surface area (Å²) in [6.45, 7) is 1.73. The van der Waals surface area contributed by atoms with Crippen LogP contribution in [-0.4, -0.2) is 25.6 Å². The highest BCUT2D eigenvalue weighted by molar-refractivity contribution is 6.09. The van der Waals surface area contributed by atoms with Crippen molar-refractivity contribution in [1.29, 1.82) is 5.26 Å². The Kier molecular flexibility index (Phi) is 6.52. The van der Waals surface area contributed by atoms with E-state index in [2.05, 4.69) is 10.1 Å². The van der Waals surface area contributed by atoms with Crippen LogP contribution in [0.4, 0.5) is 5.69 Å². The van der Waals surface area contributed by atoms with Crippen LogP contribution in [0, 0.1) is 18.3 Å². The average molecular weight is 350 g/mol. The van der Waals surface area contributed by atoms with Gasteiger partial charge in [0, 0.05) is 5.69 Å². The Morgan fingerprint density at radius 1 is 1.19 bits per heavy atom. The van der Waals surface area contributed by atoms with Gasteiger partial charge in [0.1, 0.15) is 17.4 Å². The quantitative estimate of drug-likeness (QED) is 0.491. The number of nitriles is 1. The summed E-state index contributed by atoms with van der Waals surface area (Å²) in [4.78, 5) is 23.3. The summed E-state index contributed by atoms with van der Waals surface area (Å²) in [6.07, 6.45) is 1.48. The molecule has 0 radical (unpaired) electrons. The number of aryl methyl sites for hydroxylation is 1. The number of rotatable bonds is 6. The van der Waals surface area contributed by atoms with Gasteiger partial charge in [-0.1, -0.05) is 24.3 Å². The Labute approximate surface area is 151 Å². The van der Waals surface area contributed by atoms with Gasteiger partial charge >= 0.3 is 5.97 Å². The van der Waals surface area contributed by atoms with Crippen molar-refractivity contribution < 1.29 is 19.1 Å². The average Bonchev–Trinajstić information content (AvgIpc) is 2.65. The minimum absolute atomic E-state index is 0.0188. The number of nitrogens with one attached hydrogen (secondary N) is 1. The Morgan fingerprint density at radius 3 is 2.54 bits per heavy atom. The van der Waals surface area contributed by atoms with Gasteiger partial charge in [0.05, 0.1) is 7.11 Å². The Morgan fingerprint density at radius 2 is 1.92 bits per heavy atom. The molecule has 0 aromatic heterocycles. The first-order valence-corrected chi connectivity index (χ1v) is 7.81. The number of amides is 1. The summed E-state index contributed by atoms with van der Waals surface area (Å²) in [6, 6.07) is 15.9. The van der Waals surface area contributed by atoms with Crippen LogP contribution in [0.5, 0.6) is 5.75 Å². The van der Waals surface area contributed by atoms with E-state index in [1.165, 1.54) is 13.2 Å². The number of hydrogen-bond donors (Lipinski definition) is 1. The maximum absolute atomic E-state index is 12.3. The van der Waals surface area contributed by atoms with Gasteiger partial charge in [-0.05, 0) is 48.4 Å². The molecule has 2 aromatic carbocycles. The van der Waals surface area contributed by atoms with Gasteiger partial charge in [0.2, 0.25) is 0 Å². The van der Waals surface area contributed by atoms with Crippen molar-refractivity contribution in [2.75, 3.05) is 19.0 Å². The molecule has 0 heterocycles. The number of ether oxygens (including phenoxy) is 2. The van der Waals surface area contributed by atoms with Crippen molar-refractivity contribution in [3.63, 3.8) is 0 Å². The van der Waals surface area contributed by atoms with Crippen LogP contribution in [0.1, 0.15) is 11.1 Å². The van der Waals surface area contributed by atoms with E-state index >= 15 is 0 Å². The molecule has 1 amide bonds. The lowest BCUT2D eigenvalue weighted by atomic mass is 10.1. The molecule has 6 nitrogen and oxygen atoms in total. The monoisotopic (exact) mass is 350 g/mol. The minimum atomic E-state index is -0.482. The van der Waals surface area contributed by atoms with Gasteiger partial charge in [-0.15, -0.1) is 0 Å². The molecule has 0 atom stereocenters. The van der Waals surface area contributed by atoms with Crippen molar-refractivity contribution in [2.45, 2.75) is 6.92 Å². The molecule has 1 N–H and O–H groups in total. The van der Waals surface area contributed by atoms with E-state index in [9.17, 15) is 14.9 Å². The van der Waals surface area contributed by atoms with E-state index in [4.69, 9.17) is 4.74 Å². The zero-order chi connectivity index (χ0) is 18.9. The maximum atomic E-state index is 12.3. The number of benzene rings is 2. The molecule has 0 fully saturated rings. The molecule has 0 saturated carbocycles. The SMILES string of the molecule is COC(=O)COc1ccc(/C=C(/C#N)C(=O)Nc2cccc(C)c2)cc1. The summed E-state index contributed by atoms with van der Waals surface area (Å²) in [5, 5.41) is 12.0. The molecule has 0 saturated heterocycles. The van der Waals surface area contributed by atoms with Crippen LogP contribution in [0.3, 0.4) is 0 Å². The molecular formula is C20H18N2O4. The van der Waals surface area contributed by atoms with Gasteiger partial charge in [0.15, 0.2) is 6.61 Å². The zero-order valence-electron chi connectivity index (χ0n) is 14.5. The van der Waals surface area contributed by atoms with E-state index in [-0.39, 0.29) is 12.2 Å². The van der Waals surface area contributed by atoms with Crippen molar-refractivity contribution in [2.24, 2.45) is 0 Å². The van der Waals surface area contributed by atoms with Crippen LogP contribution in [0.25, 0.3) is 6.08 Å². The molecule has 0 unspecified atom stereocenters. The molecule has 0 bridgehead atoms. The molecule has 132 valence electrons. The first-order chi connectivity index (χ1) is 12.5. The van der Waals surface area contributed by atoms with E-state index < -0.39 is 11.9 Å².